The average Bonchev–Trinajstić information content (AvgIpc) is 3.45. The number of rotatable bonds is 8. The van der Waals surface area contributed by atoms with Crippen LogP contribution in [0.2, 0.25) is 10.0 Å². The summed E-state index contributed by atoms with van der Waals surface area (Å²) >= 11 is 12.5. The van der Waals surface area contributed by atoms with E-state index < -0.39 is 16.1 Å². The highest BCUT2D eigenvalue weighted by atomic mass is 35.5. The molecule has 1 fully saturated rings. The highest BCUT2D eigenvalue weighted by Gasteiger charge is 2.31. The predicted octanol–water partition coefficient (Wildman–Crippen LogP) is 5.64. The number of aliphatic hydroxyl groups is 1. The lowest BCUT2D eigenvalue weighted by Crippen LogP contribution is -2.43. The molecule has 0 spiro atoms. The van der Waals surface area contributed by atoms with E-state index in [-0.39, 0.29) is 30.6 Å². The van der Waals surface area contributed by atoms with Crippen LogP contribution in [-0.2, 0) is 21.3 Å². The number of benzene rings is 3. The van der Waals surface area contributed by atoms with Gasteiger partial charge in [0.1, 0.15) is 0 Å². The van der Waals surface area contributed by atoms with E-state index in [0.29, 0.717) is 16.7 Å². The third-order valence-electron chi connectivity index (χ3n) is 6.69. The van der Waals surface area contributed by atoms with E-state index in [9.17, 15) is 13.5 Å². The number of aryl methyl sites for hydroxylation is 1. The first-order chi connectivity index (χ1) is 17.2. The lowest BCUT2D eigenvalue weighted by Gasteiger charge is -2.27. The lowest BCUT2D eigenvalue weighted by molar-refractivity contribution is 0.0751. The fourth-order valence-electron chi connectivity index (χ4n) is 4.89. The number of hydrogen-bond acceptors (Lipinski definition) is 4. The number of sulfonamides is 1. The van der Waals surface area contributed by atoms with Gasteiger partial charge in [0.25, 0.3) is 0 Å². The first-order valence-electron chi connectivity index (χ1n) is 12.0. The Bertz CT molecular complexity index is 1440. The van der Waals surface area contributed by atoms with Crippen LogP contribution < -0.4 is 0 Å². The molecule has 1 N–H and O–H groups in total. The summed E-state index contributed by atoms with van der Waals surface area (Å²) in [7, 11) is -3.83. The van der Waals surface area contributed by atoms with Gasteiger partial charge in [0, 0.05) is 51.5 Å². The molecule has 1 saturated heterocycles. The summed E-state index contributed by atoms with van der Waals surface area (Å²) in [6, 6.07) is 18.0. The van der Waals surface area contributed by atoms with Crippen LogP contribution in [0.5, 0.6) is 0 Å². The van der Waals surface area contributed by atoms with Crippen LogP contribution in [0.3, 0.4) is 0 Å². The van der Waals surface area contributed by atoms with Gasteiger partial charge in [-0.05, 0) is 68.3 Å². The van der Waals surface area contributed by atoms with Gasteiger partial charge in [-0.25, -0.2) is 8.42 Å². The average molecular weight is 548 g/mol. The molecule has 0 unspecified atom stereocenters. The summed E-state index contributed by atoms with van der Waals surface area (Å²) in [4.78, 5) is 0.208. The van der Waals surface area contributed by atoms with Crippen molar-refractivity contribution in [2.75, 3.05) is 19.7 Å². The number of aromatic nitrogens is 1. The zero-order chi connectivity index (χ0) is 25.4. The van der Waals surface area contributed by atoms with Crippen LogP contribution in [0.15, 0.2) is 65.6 Å². The minimum absolute atomic E-state index is 0.0571. The summed E-state index contributed by atoms with van der Waals surface area (Å²) in [5.41, 5.74) is 2.76. The smallest absolute Gasteiger partial charge is 0.243 e. The van der Waals surface area contributed by atoms with Gasteiger partial charge in [-0.2, -0.15) is 4.31 Å². The van der Waals surface area contributed by atoms with E-state index in [4.69, 9.17) is 27.9 Å². The number of nitrogens with zero attached hydrogens (tertiary/aromatic N) is 2. The molecule has 4 aromatic rings. The molecule has 0 aliphatic carbocycles. The van der Waals surface area contributed by atoms with Gasteiger partial charge in [0.2, 0.25) is 10.0 Å². The molecule has 0 saturated carbocycles. The third kappa shape index (κ3) is 5.14. The Labute approximate surface area is 221 Å². The molecular formula is C27H28Cl2N2O4S. The van der Waals surface area contributed by atoms with Crippen LogP contribution in [0.1, 0.15) is 18.4 Å². The Morgan fingerprint density at radius 2 is 1.64 bits per heavy atom. The largest absolute Gasteiger partial charge is 0.390 e. The van der Waals surface area contributed by atoms with Crippen LogP contribution in [-0.4, -0.2) is 54.3 Å². The highest BCUT2D eigenvalue weighted by Crippen LogP contribution is 2.33. The van der Waals surface area contributed by atoms with Crippen molar-refractivity contribution in [1.82, 2.24) is 8.87 Å². The van der Waals surface area contributed by atoms with Gasteiger partial charge < -0.3 is 14.4 Å². The van der Waals surface area contributed by atoms with Gasteiger partial charge in [0.05, 0.1) is 23.6 Å². The molecule has 2 heterocycles. The molecule has 1 aliphatic heterocycles. The van der Waals surface area contributed by atoms with Gasteiger partial charge in [-0.3, -0.25) is 0 Å². The topological polar surface area (TPSA) is 71.8 Å². The lowest BCUT2D eigenvalue weighted by atomic mass is 10.1. The minimum Gasteiger partial charge on any atom is -0.390 e. The summed E-state index contributed by atoms with van der Waals surface area (Å²) < 4.78 is 36.3. The van der Waals surface area contributed by atoms with Crippen molar-refractivity contribution in [3.63, 3.8) is 0 Å². The van der Waals surface area contributed by atoms with Crippen LogP contribution in [0, 0.1) is 6.92 Å². The second-order valence-corrected chi connectivity index (χ2v) is 12.2. The molecule has 5 rings (SSSR count). The highest BCUT2D eigenvalue weighted by molar-refractivity contribution is 7.89. The van der Waals surface area contributed by atoms with Crippen molar-refractivity contribution >= 4 is 55.0 Å². The predicted molar refractivity (Wildman–Crippen MR) is 144 cm³/mol. The molecule has 2 atom stereocenters. The van der Waals surface area contributed by atoms with Crippen molar-refractivity contribution in [2.45, 2.75) is 43.4 Å². The van der Waals surface area contributed by atoms with E-state index in [2.05, 4.69) is 0 Å². The maximum atomic E-state index is 13.6. The first kappa shape index (κ1) is 25.5. The van der Waals surface area contributed by atoms with E-state index in [1.807, 2.05) is 35.8 Å². The van der Waals surface area contributed by atoms with E-state index in [1.54, 1.807) is 36.4 Å². The molecular weight excluding hydrogens is 519 g/mol. The monoisotopic (exact) mass is 546 g/mol. The Morgan fingerprint density at radius 1 is 1.03 bits per heavy atom. The minimum atomic E-state index is -3.83. The standard InChI is InChI=1S/C27H28Cl2N2O4S/c1-18-4-8-23(9-5-18)36(33,34)30(17-22-3-2-12-35-22)15-21(32)16-31-26-10-6-19(28)13-24(26)25-14-20(29)7-11-27(25)31/h4-11,13-14,21-22,32H,2-3,12,15-17H2,1H3/t21-,22-/m1/s1. The quantitative estimate of drug-likeness (QED) is 0.310. The molecule has 9 heteroatoms. The van der Waals surface area contributed by atoms with E-state index in [1.165, 1.54) is 4.31 Å². The summed E-state index contributed by atoms with van der Waals surface area (Å²) in [6.07, 6.45) is 0.550. The summed E-state index contributed by atoms with van der Waals surface area (Å²) in [5, 5.41) is 14.3. The van der Waals surface area contributed by atoms with Crippen molar-refractivity contribution in [3.8, 4) is 0 Å². The molecule has 190 valence electrons. The van der Waals surface area contributed by atoms with E-state index >= 15 is 0 Å². The molecule has 6 nitrogen and oxygen atoms in total. The van der Waals surface area contributed by atoms with Crippen molar-refractivity contribution < 1.29 is 18.3 Å². The number of hydrogen-bond donors (Lipinski definition) is 1. The molecule has 36 heavy (non-hydrogen) atoms. The Kier molecular flexibility index (Phi) is 7.32. The Hall–Kier alpha value is -2.13. The third-order valence-corrected chi connectivity index (χ3v) is 9.00. The SMILES string of the molecule is Cc1ccc(S(=O)(=O)N(C[C@@H](O)Cn2c3ccc(Cl)cc3c3cc(Cl)ccc32)C[C@H]2CCCO2)cc1. The molecule has 1 aromatic heterocycles. The zero-order valence-electron chi connectivity index (χ0n) is 19.9. The molecule has 0 amide bonds. The molecule has 1 aliphatic rings. The Balaban J connectivity index is 1.47. The number of halogens is 2. The zero-order valence-corrected chi connectivity index (χ0v) is 22.2. The van der Waals surface area contributed by atoms with Crippen LogP contribution in [0.4, 0.5) is 0 Å². The summed E-state index contributed by atoms with van der Waals surface area (Å²) in [6.45, 7) is 2.88. The first-order valence-corrected chi connectivity index (χ1v) is 14.2. The molecule has 0 bridgehead atoms. The van der Waals surface area contributed by atoms with Crippen molar-refractivity contribution in [3.05, 3.63) is 76.3 Å². The van der Waals surface area contributed by atoms with Crippen molar-refractivity contribution in [1.29, 1.82) is 0 Å². The second kappa shape index (κ2) is 10.3. The normalized spacial score (nSPS) is 17.4. The molecule has 0 radical (unpaired) electrons. The Morgan fingerprint density at radius 3 is 2.19 bits per heavy atom. The van der Waals surface area contributed by atoms with Crippen LogP contribution in [0.25, 0.3) is 21.8 Å². The van der Waals surface area contributed by atoms with Crippen LogP contribution >= 0.6 is 23.2 Å². The number of aliphatic hydroxyl groups excluding tert-OH is 1. The second-order valence-electron chi connectivity index (χ2n) is 9.36. The fraction of sp³-hybridized carbons (Fsp3) is 0.333. The van der Waals surface area contributed by atoms with Gasteiger partial charge in [0.15, 0.2) is 0 Å². The maximum absolute atomic E-state index is 13.6. The fourth-order valence-corrected chi connectivity index (χ4v) is 6.75. The number of ether oxygens (including phenoxy) is 1. The maximum Gasteiger partial charge on any atom is 0.243 e. The van der Waals surface area contributed by atoms with E-state index in [0.717, 1.165) is 40.2 Å². The number of fused-ring (bicyclic) bond motifs is 3. The molecule has 3 aromatic carbocycles. The summed E-state index contributed by atoms with van der Waals surface area (Å²) in [5.74, 6) is 0. The van der Waals surface area contributed by atoms with Gasteiger partial charge >= 0.3 is 0 Å². The van der Waals surface area contributed by atoms with Crippen molar-refractivity contribution in [2.24, 2.45) is 0 Å². The van der Waals surface area contributed by atoms with Gasteiger partial charge in [-0.1, -0.05) is 40.9 Å². The van der Waals surface area contributed by atoms with Gasteiger partial charge in [-0.15, -0.1) is 0 Å².